The number of benzene rings is 2. The first kappa shape index (κ1) is 14.4. The molecule has 5 heteroatoms. The molecule has 0 N–H and O–H groups in total. The van der Waals surface area contributed by atoms with Crippen LogP contribution in [0.5, 0.6) is 11.5 Å². The van der Waals surface area contributed by atoms with Crippen molar-refractivity contribution < 1.29 is 9.13 Å². The quantitative estimate of drug-likeness (QED) is 0.551. The summed E-state index contributed by atoms with van der Waals surface area (Å²) in [7, 11) is 0. The van der Waals surface area contributed by atoms with Gasteiger partial charge < -0.3 is 9.30 Å². The van der Waals surface area contributed by atoms with Gasteiger partial charge in [0, 0.05) is 28.9 Å². The molecule has 4 rings (SSSR count). The first-order valence-corrected chi connectivity index (χ1v) is 7.51. The number of hydrogen-bond acceptors (Lipinski definition) is 3. The highest BCUT2D eigenvalue weighted by Gasteiger charge is 2.07. The van der Waals surface area contributed by atoms with Crippen molar-refractivity contribution in [2.24, 2.45) is 0 Å². The lowest BCUT2D eigenvalue weighted by Crippen LogP contribution is -1.92. The van der Waals surface area contributed by atoms with Crippen LogP contribution in [-0.4, -0.2) is 14.5 Å². The van der Waals surface area contributed by atoms with Crippen molar-refractivity contribution >= 4 is 10.8 Å². The van der Waals surface area contributed by atoms with Crippen molar-refractivity contribution in [2.75, 3.05) is 0 Å². The third-order valence-corrected chi connectivity index (χ3v) is 3.76. The van der Waals surface area contributed by atoms with E-state index in [1.54, 1.807) is 30.9 Å². The third-order valence-electron chi connectivity index (χ3n) is 3.76. The van der Waals surface area contributed by atoms with E-state index in [1.165, 1.54) is 12.1 Å². The molecule has 0 atom stereocenters. The number of aryl methyl sites for hydroxylation is 1. The Hall–Kier alpha value is -3.21. The minimum Gasteiger partial charge on any atom is -0.455 e. The van der Waals surface area contributed by atoms with Gasteiger partial charge in [0.15, 0.2) is 5.75 Å². The number of halogens is 1. The van der Waals surface area contributed by atoms with E-state index >= 15 is 0 Å². The number of hydrogen-bond donors (Lipinski definition) is 0. The van der Waals surface area contributed by atoms with Crippen molar-refractivity contribution in [2.45, 2.75) is 6.92 Å². The summed E-state index contributed by atoms with van der Waals surface area (Å²) >= 11 is 0. The first-order chi connectivity index (χ1) is 11.7. The Morgan fingerprint density at radius 2 is 1.88 bits per heavy atom. The average Bonchev–Trinajstić information content (AvgIpc) is 3.03. The summed E-state index contributed by atoms with van der Waals surface area (Å²) in [5.41, 5.74) is 1.94. The molecule has 4 aromatic rings. The lowest BCUT2D eigenvalue weighted by atomic mass is 10.1. The van der Waals surface area contributed by atoms with E-state index in [9.17, 15) is 4.39 Å². The predicted octanol–water partition coefficient (Wildman–Crippen LogP) is 4.66. The van der Waals surface area contributed by atoms with E-state index in [1.807, 2.05) is 35.9 Å². The zero-order chi connectivity index (χ0) is 16.5. The molecule has 24 heavy (non-hydrogen) atoms. The lowest BCUT2D eigenvalue weighted by molar-refractivity contribution is 0.484. The second-order valence-corrected chi connectivity index (χ2v) is 5.52. The van der Waals surface area contributed by atoms with Crippen LogP contribution in [0.25, 0.3) is 16.5 Å². The monoisotopic (exact) mass is 319 g/mol. The summed E-state index contributed by atoms with van der Waals surface area (Å²) in [6.07, 6.45) is 7.19. The van der Waals surface area contributed by atoms with Gasteiger partial charge in [0.25, 0.3) is 0 Å². The number of aromatic nitrogens is 3. The normalized spacial score (nSPS) is 10.9. The molecule has 2 aromatic heterocycles. The molecular weight excluding hydrogens is 305 g/mol. The minimum atomic E-state index is -0.295. The average molecular weight is 319 g/mol. The van der Waals surface area contributed by atoms with Crippen LogP contribution in [-0.2, 0) is 0 Å². The second-order valence-electron chi connectivity index (χ2n) is 5.52. The molecule has 0 radical (unpaired) electrons. The SMILES string of the molecule is Cc1cn(-c2ccc3cncc(Oc4ccc(F)cc4)c3c2)cn1. The molecule has 0 unspecified atom stereocenters. The Morgan fingerprint density at radius 3 is 2.62 bits per heavy atom. The van der Waals surface area contributed by atoms with E-state index in [2.05, 4.69) is 9.97 Å². The fourth-order valence-corrected chi connectivity index (χ4v) is 2.56. The van der Waals surface area contributed by atoms with Gasteiger partial charge in [-0.3, -0.25) is 4.98 Å². The van der Waals surface area contributed by atoms with Gasteiger partial charge in [-0.2, -0.15) is 0 Å². The molecule has 4 nitrogen and oxygen atoms in total. The molecule has 118 valence electrons. The fraction of sp³-hybridized carbons (Fsp3) is 0.0526. The van der Waals surface area contributed by atoms with Crippen LogP contribution in [0, 0.1) is 12.7 Å². The molecule has 0 aliphatic heterocycles. The van der Waals surface area contributed by atoms with E-state index < -0.39 is 0 Å². The number of nitrogens with zero attached hydrogens (tertiary/aromatic N) is 3. The van der Waals surface area contributed by atoms with Gasteiger partial charge in [-0.1, -0.05) is 6.07 Å². The highest BCUT2D eigenvalue weighted by molar-refractivity contribution is 5.89. The van der Waals surface area contributed by atoms with Gasteiger partial charge in [-0.05, 0) is 43.3 Å². The molecule has 2 heterocycles. The zero-order valence-corrected chi connectivity index (χ0v) is 13.0. The zero-order valence-electron chi connectivity index (χ0n) is 13.0. The number of imidazole rings is 1. The highest BCUT2D eigenvalue weighted by Crippen LogP contribution is 2.30. The summed E-state index contributed by atoms with van der Waals surface area (Å²) in [6.45, 7) is 1.95. The Morgan fingerprint density at radius 1 is 1.04 bits per heavy atom. The Bertz CT molecular complexity index is 1010. The number of pyridine rings is 1. The molecule has 0 saturated heterocycles. The molecule has 0 aliphatic carbocycles. The first-order valence-electron chi connectivity index (χ1n) is 7.51. The smallest absolute Gasteiger partial charge is 0.153 e. The fourth-order valence-electron chi connectivity index (χ4n) is 2.56. The van der Waals surface area contributed by atoms with Gasteiger partial charge in [-0.25, -0.2) is 9.37 Å². The summed E-state index contributed by atoms with van der Waals surface area (Å²) in [5.74, 6) is 0.892. The molecular formula is C19H14FN3O. The van der Waals surface area contributed by atoms with Crippen LogP contribution in [0.1, 0.15) is 5.69 Å². The molecule has 0 fully saturated rings. The number of ether oxygens (including phenoxy) is 1. The van der Waals surface area contributed by atoms with Crippen LogP contribution >= 0.6 is 0 Å². The minimum absolute atomic E-state index is 0.295. The van der Waals surface area contributed by atoms with Crippen LogP contribution in [0.15, 0.2) is 67.4 Å². The molecule has 0 bridgehead atoms. The largest absolute Gasteiger partial charge is 0.455 e. The van der Waals surface area contributed by atoms with E-state index in [4.69, 9.17) is 4.74 Å². The summed E-state index contributed by atoms with van der Waals surface area (Å²) in [6, 6.07) is 11.9. The predicted molar refractivity (Wildman–Crippen MR) is 90.1 cm³/mol. The van der Waals surface area contributed by atoms with Crippen molar-refractivity contribution in [3.63, 3.8) is 0 Å². The van der Waals surface area contributed by atoms with Crippen molar-refractivity contribution in [1.82, 2.24) is 14.5 Å². The van der Waals surface area contributed by atoms with E-state index in [-0.39, 0.29) is 5.82 Å². The van der Waals surface area contributed by atoms with Gasteiger partial charge in [0.05, 0.1) is 18.2 Å². The van der Waals surface area contributed by atoms with Gasteiger partial charge in [-0.15, -0.1) is 0 Å². The van der Waals surface area contributed by atoms with Crippen LogP contribution < -0.4 is 4.74 Å². The van der Waals surface area contributed by atoms with Gasteiger partial charge >= 0.3 is 0 Å². The Kier molecular flexibility index (Phi) is 3.46. The van der Waals surface area contributed by atoms with Gasteiger partial charge in [0.1, 0.15) is 11.6 Å². The molecule has 0 aliphatic rings. The van der Waals surface area contributed by atoms with Gasteiger partial charge in [0.2, 0.25) is 0 Å². The van der Waals surface area contributed by atoms with Crippen molar-refractivity contribution in [1.29, 1.82) is 0 Å². The van der Waals surface area contributed by atoms with E-state index in [0.717, 1.165) is 22.2 Å². The highest BCUT2D eigenvalue weighted by atomic mass is 19.1. The standard InChI is InChI=1S/C19H14FN3O/c1-13-11-23(12-22-13)16-5-2-14-9-21-10-19(18(14)8-16)24-17-6-3-15(20)4-7-17/h2-12H,1H3. The molecule has 0 amide bonds. The lowest BCUT2D eigenvalue weighted by Gasteiger charge is -2.10. The molecule has 0 saturated carbocycles. The summed E-state index contributed by atoms with van der Waals surface area (Å²) < 4.78 is 20.9. The summed E-state index contributed by atoms with van der Waals surface area (Å²) in [4.78, 5) is 8.47. The van der Waals surface area contributed by atoms with Crippen molar-refractivity contribution in [3.05, 3.63) is 78.9 Å². The maximum absolute atomic E-state index is 13.0. The van der Waals surface area contributed by atoms with E-state index in [0.29, 0.717) is 11.5 Å². The van der Waals surface area contributed by atoms with Crippen LogP contribution in [0.3, 0.4) is 0 Å². The molecule has 2 aromatic carbocycles. The maximum Gasteiger partial charge on any atom is 0.153 e. The molecule has 0 spiro atoms. The van der Waals surface area contributed by atoms with Crippen LogP contribution in [0.2, 0.25) is 0 Å². The second kappa shape index (κ2) is 5.77. The number of fused-ring (bicyclic) bond motifs is 1. The number of rotatable bonds is 3. The Balaban J connectivity index is 1.78. The van der Waals surface area contributed by atoms with Crippen molar-refractivity contribution in [3.8, 4) is 17.2 Å². The third kappa shape index (κ3) is 2.72. The Labute approximate surface area is 138 Å². The van der Waals surface area contributed by atoms with Crippen LogP contribution in [0.4, 0.5) is 4.39 Å². The topological polar surface area (TPSA) is 39.9 Å². The maximum atomic E-state index is 13.0. The summed E-state index contributed by atoms with van der Waals surface area (Å²) in [5, 5.41) is 1.90.